The molecule has 0 unspecified atom stereocenters. The number of methoxy groups -OCH3 is 1. The average molecular weight is 338 g/mol. The highest BCUT2D eigenvalue weighted by atomic mass is 32.2. The molecule has 0 aliphatic rings. The maximum atomic E-state index is 12.3. The standard InChI is InChI=1S/C15H22N4O3S/c1-5-17-13(20)19(12(16)22-4)14(21)18-23-15(2,3)11-9-7-6-8-10-11/h6-10,16H,5H2,1-4H3,(H,17,20)(H,18,21). The van der Waals surface area contributed by atoms with Gasteiger partial charge in [-0.1, -0.05) is 30.3 Å². The van der Waals surface area contributed by atoms with Crippen LogP contribution in [-0.4, -0.2) is 36.6 Å². The number of carbonyl (C=O) groups is 2. The van der Waals surface area contributed by atoms with Gasteiger partial charge in [0.2, 0.25) is 0 Å². The largest absolute Gasteiger partial charge is 0.468 e. The molecular weight excluding hydrogens is 316 g/mol. The van der Waals surface area contributed by atoms with Crippen molar-refractivity contribution in [3.63, 3.8) is 0 Å². The molecule has 8 heteroatoms. The van der Waals surface area contributed by atoms with Gasteiger partial charge in [0, 0.05) is 6.54 Å². The minimum Gasteiger partial charge on any atom is -0.468 e. The van der Waals surface area contributed by atoms with Crippen molar-refractivity contribution in [1.29, 1.82) is 5.41 Å². The first kappa shape index (κ1) is 18.8. The fraction of sp³-hybridized carbons (Fsp3) is 0.400. The summed E-state index contributed by atoms with van der Waals surface area (Å²) >= 11 is 1.16. The summed E-state index contributed by atoms with van der Waals surface area (Å²) in [5.41, 5.74) is 1.02. The number of rotatable bonds is 4. The number of ether oxygens (including phenoxy) is 1. The van der Waals surface area contributed by atoms with E-state index in [1.807, 2.05) is 44.2 Å². The highest BCUT2D eigenvalue weighted by molar-refractivity contribution is 7.98. The van der Waals surface area contributed by atoms with Crippen LogP contribution in [0.3, 0.4) is 0 Å². The number of amidine groups is 1. The van der Waals surface area contributed by atoms with Crippen molar-refractivity contribution in [3.05, 3.63) is 35.9 Å². The highest BCUT2D eigenvalue weighted by Gasteiger charge is 2.29. The molecule has 0 aliphatic heterocycles. The molecule has 7 nitrogen and oxygen atoms in total. The SMILES string of the molecule is CCNC(=O)N(C(=N)OC)C(=O)NSC(C)(C)c1ccccc1. The molecule has 4 amide bonds. The Morgan fingerprint density at radius 1 is 1.26 bits per heavy atom. The van der Waals surface area contributed by atoms with Gasteiger partial charge in [-0.3, -0.25) is 10.1 Å². The van der Waals surface area contributed by atoms with E-state index >= 15 is 0 Å². The molecule has 0 bridgehead atoms. The first-order chi connectivity index (χ1) is 10.8. The zero-order valence-electron chi connectivity index (χ0n) is 13.7. The number of hydrogen-bond donors (Lipinski definition) is 3. The lowest BCUT2D eigenvalue weighted by Gasteiger charge is -2.26. The van der Waals surface area contributed by atoms with E-state index in [1.54, 1.807) is 6.92 Å². The van der Waals surface area contributed by atoms with Gasteiger partial charge in [-0.15, -0.1) is 0 Å². The summed E-state index contributed by atoms with van der Waals surface area (Å²) in [6, 6.07) is 7.66. The number of nitrogens with zero attached hydrogens (tertiary/aromatic N) is 1. The van der Waals surface area contributed by atoms with Crippen molar-refractivity contribution in [2.45, 2.75) is 25.5 Å². The van der Waals surface area contributed by atoms with Crippen LogP contribution in [0.4, 0.5) is 9.59 Å². The molecule has 23 heavy (non-hydrogen) atoms. The van der Waals surface area contributed by atoms with Crippen LogP contribution >= 0.6 is 11.9 Å². The third-order valence-electron chi connectivity index (χ3n) is 2.99. The van der Waals surface area contributed by atoms with Crippen LogP contribution in [0.5, 0.6) is 0 Å². The molecule has 0 radical (unpaired) electrons. The molecule has 0 saturated carbocycles. The summed E-state index contributed by atoms with van der Waals surface area (Å²) in [6.07, 6.45) is 0. The monoisotopic (exact) mass is 338 g/mol. The number of benzene rings is 1. The summed E-state index contributed by atoms with van der Waals surface area (Å²) in [7, 11) is 1.23. The maximum Gasteiger partial charge on any atom is 0.343 e. The zero-order valence-corrected chi connectivity index (χ0v) is 14.5. The summed E-state index contributed by atoms with van der Waals surface area (Å²) in [4.78, 5) is 24.8. The van der Waals surface area contributed by atoms with Gasteiger partial charge in [0.25, 0.3) is 0 Å². The minimum atomic E-state index is -0.739. The van der Waals surface area contributed by atoms with Crippen LogP contribution in [0.15, 0.2) is 30.3 Å². The molecule has 1 aromatic carbocycles. The molecule has 0 aliphatic carbocycles. The maximum absolute atomic E-state index is 12.3. The van der Waals surface area contributed by atoms with E-state index in [-0.39, 0.29) is 0 Å². The van der Waals surface area contributed by atoms with E-state index in [0.29, 0.717) is 11.4 Å². The quantitative estimate of drug-likeness (QED) is 0.447. The van der Waals surface area contributed by atoms with Gasteiger partial charge >= 0.3 is 18.1 Å². The number of urea groups is 2. The van der Waals surface area contributed by atoms with Crippen molar-refractivity contribution < 1.29 is 14.3 Å². The smallest absolute Gasteiger partial charge is 0.343 e. The van der Waals surface area contributed by atoms with Crippen LogP contribution in [0, 0.1) is 5.41 Å². The second-order valence-electron chi connectivity index (χ2n) is 5.07. The molecule has 0 saturated heterocycles. The van der Waals surface area contributed by atoms with E-state index in [9.17, 15) is 9.59 Å². The van der Waals surface area contributed by atoms with Gasteiger partial charge in [-0.25, -0.2) is 9.59 Å². The molecule has 0 atom stereocenters. The lowest BCUT2D eigenvalue weighted by atomic mass is 10.0. The lowest BCUT2D eigenvalue weighted by Crippen LogP contribution is -2.50. The van der Waals surface area contributed by atoms with Gasteiger partial charge in [0.15, 0.2) is 0 Å². The van der Waals surface area contributed by atoms with E-state index in [4.69, 9.17) is 10.1 Å². The molecule has 0 fully saturated rings. The number of carbonyl (C=O) groups excluding carboxylic acids is 2. The lowest BCUT2D eigenvalue weighted by molar-refractivity contribution is 0.198. The molecule has 1 rings (SSSR count). The summed E-state index contributed by atoms with van der Waals surface area (Å²) in [5.74, 6) is 0. The number of hydrogen-bond acceptors (Lipinski definition) is 5. The van der Waals surface area contributed by atoms with Crippen LogP contribution in [0.2, 0.25) is 0 Å². The Hall–Kier alpha value is -2.22. The Morgan fingerprint density at radius 3 is 2.39 bits per heavy atom. The second-order valence-corrected chi connectivity index (χ2v) is 6.49. The number of nitrogens with one attached hydrogen (secondary N) is 3. The van der Waals surface area contributed by atoms with Gasteiger partial charge in [-0.2, -0.15) is 4.90 Å². The molecule has 0 aromatic heterocycles. The molecule has 1 aromatic rings. The van der Waals surface area contributed by atoms with Crippen molar-refractivity contribution in [2.75, 3.05) is 13.7 Å². The highest BCUT2D eigenvalue weighted by Crippen LogP contribution is 2.33. The van der Waals surface area contributed by atoms with Crippen molar-refractivity contribution in [3.8, 4) is 0 Å². The van der Waals surface area contributed by atoms with Crippen molar-refractivity contribution in [2.24, 2.45) is 0 Å². The van der Waals surface area contributed by atoms with E-state index in [2.05, 4.69) is 10.0 Å². The molecule has 126 valence electrons. The van der Waals surface area contributed by atoms with Gasteiger partial charge in [0.1, 0.15) is 0 Å². The molecular formula is C15H22N4O3S. The van der Waals surface area contributed by atoms with E-state index in [1.165, 1.54) is 7.11 Å². The summed E-state index contributed by atoms with van der Waals surface area (Å²) in [5, 5.41) is 10.1. The fourth-order valence-electron chi connectivity index (χ4n) is 1.71. The van der Waals surface area contributed by atoms with Crippen LogP contribution in [-0.2, 0) is 9.48 Å². The third kappa shape index (κ3) is 5.17. The molecule has 0 heterocycles. The molecule has 0 spiro atoms. The number of imide groups is 1. The number of amides is 4. The van der Waals surface area contributed by atoms with Gasteiger partial charge in [-0.05, 0) is 38.3 Å². The Kier molecular flexibility index (Phi) is 6.89. The Bertz CT molecular complexity index is 563. The Balaban J connectivity index is 2.79. The minimum absolute atomic E-state index is 0.336. The van der Waals surface area contributed by atoms with Gasteiger partial charge in [0.05, 0.1) is 11.9 Å². The summed E-state index contributed by atoms with van der Waals surface area (Å²) in [6.45, 7) is 5.96. The first-order valence-electron chi connectivity index (χ1n) is 7.07. The normalized spacial score (nSPS) is 10.6. The second kappa shape index (κ2) is 8.42. The van der Waals surface area contributed by atoms with Crippen LogP contribution < -0.4 is 10.0 Å². The summed E-state index contributed by atoms with van der Waals surface area (Å²) < 4.78 is 6.89. The van der Waals surface area contributed by atoms with Crippen LogP contribution in [0.25, 0.3) is 0 Å². The van der Waals surface area contributed by atoms with Crippen molar-refractivity contribution in [1.82, 2.24) is 14.9 Å². The Morgan fingerprint density at radius 2 is 1.87 bits per heavy atom. The molecule has 3 N–H and O–H groups in total. The predicted octanol–water partition coefficient (Wildman–Crippen LogP) is 2.89. The topological polar surface area (TPSA) is 94.5 Å². The van der Waals surface area contributed by atoms with Gasteiger partial charge < -0.3 is 10.1 Å². The third-order valence-corrected chi connectivity index (χ3v) is 4.02. The first-order valence-corrected chi connectivity index (χ1v) is 7.89. The van der Waals surface area contributed by atoms with E-state index in [0.717, 1.165) is 17.5 Å². The zero-order chi connectivity index (χ0) is 17.5. The van der Waals surface area contributed by atoms with Crippen LogP contribution in [0.1, 0.15) is 26.3 Å². The Labute approximate surface area is 140 Å². The van der Waals surface area contributed by atoms with Crippen molar-refractivity contribution >= 4 is 30.0 Å². The predicted molar refractivity (Wildman–Crippen MR) is 91.2 cm³/mol. The fourth-order valence-corrected chi connectivity index (χ4v) is 2.40. The van der Waals surface area contributed by atoms with E-state index < -0.39 is 22.8 Å². The average Bonchev–Trinajstić information content (AvgIpc) is 2.54.